The van der Waals surface area contributed by atoms with Crippen LogP contribution < -0.4 is 5.19 Å². The first kappa shape index (κ1) is 16.3. The maximum absolute atomic E-state index is 12.5. The van der Waals surface area contributed by atoms with E-state index in [1.165, 1.54) is 0 Å². The van der Waals surface area contributed by atoms with E-state index in [2.05, 4.69) is 13.1 Å². The number of alkyl halides is 4. The summed E-state index contributed by atoms with van der Waals surface area (Å²) >= 11 is 5.66. The molecule has 1 aromatic rings. The molecule has 19 heavy (non-hydrogen) atoms. The highest BCUT2D eigenvalue weighted by atomic mass is 35.5. The van der Waals surface area contributed by atoms with Gasteiger partial charge in [-0.05, 0) is 6.42 Å². The first-order valence-corrected chi connectivity index (χ1v) is 9.53. The van der Waals surface area contributed by atoms with Crippen molar-refractivity contribution in [3.63, 3.8) is 0 Å². The molecule has 0 N–H and O–H groups in total. The Kier molecular flexibility index (Phi) is 5.68. The van der Waals surface area contributed by atoms with Crippen molar-refractivity contribution in [2.75, 3.05) is 5.88 Å². The third-order valence-electron chi connectivity index (χ3n) is 3.40. The zero-order chi connectivity index (χ0) is 14.5. The van der Waals surface area contributed by atoms with Crippen molar-refractivity contribution in [2.45, 2.75) is 31.6 Å². The molecule has 0 aliphatic heterocycles. The molecule has 0 amide bonds. The second-order valence-corrected chi connectivity index (χ2v) is 9.54. The van der Waals surface area contributed by atoms with Crippen LogP contribution in [0.15, 0.2) is 36.5 Å². The fraction of sp³-hybridized carbons (Fsp3) is 0.429. The quantitative estimate of drug-likeness (QED) is 0.405. The number of benzene rings is 1. The first-order valence-electron chi connectivity index (χ1n) is 6.21. The molecular weight excluding hydrogens is 289 g/mol. The van der Waals surface area contributed by atoms with E-state index in [0.717, 1.165) is 36.2 Å². The topological polar surface area (TPSA) is 0 Å². The van der Waals surface area contributed by atoms with Gasteiger partial charge in [0.25, 0.3) is 0 Å². The third kappa shape index (κ3) is 4.39. The molecule has 0 radical (unpaired) electrons. The average Bonchev–Trinajstić information content (AvgIpc) is 2.38. The third-order valence-corrected chi connectivity index (χ3v) is 7.61. The smallest absolute Gasteiger partial charge is 0.166 e. The summed E-state index contributed by atoms with van der Waals surface area (Å²) in [5.74, 6) is 0.620. The molecule has 0 saturated heterocycles. The van der Waals surface area contributed by atoms with E-state index < -0.39 is 19.8 Å². The van der Waals surface area contributed by atoms with Crippen molar-refractivity contribution in [3.8, 4) is 0 Å². The molecule has 0 heterocycles. The Morgan fingerprint density at radius 3 is 2.21 bits per heavy atom. The van der Waals surface area contributed by atoms with Crippen LogP contribution in [0.25, 0.3) is 0 Å². The molecule has 0 bridgehead atoms. The number of hydrogen-bond acceptors (Lipinski definition) is 0. The molecule has 1 rings (SSSR count). The molecule has 0 aliphatic rings. The fourth-order valence-corrected chi connectivity index (χ4v) is 4.82. The summed E-state index contributed by atoms with van der Waals surface area (Å²) in [6.45, 7) is 5.99. The van der Waals surface area contributed by atoms with Gasteiger partial charge in [0.2, 0.25) is 0 Å². The highest BCUT2D eigenvalue weighted by Crippen LogP contribution is 2.28. The number of unbranched alkanes of at least 4 members (excludes halogenated alkanes) is 1. The lowest BCUT2D eigenvalue weighted by molar-refractivity contribution is -0.137. The molecule has 1 aromatic carbocycles. The van der Waals surface area contributed by atoms with Gasteiger partial charge in [-0.3, -0.25) is 0 Å². The molecule has 0 fully saturated rings. The van der Waals surface area contributed by atoms with E-state index >= 15 is 0 Å². The zero-order valence-electron chi connectivity index (χ0n) is 10.9. The Balaban J connectivity index is 2.90. The predicted molar refractivity (Wildman–Crippen MR) is 77.7 cm³/mol. The second-order valence-electron chi connectivity index (χ2n) is 4.84. The van der Waals surface area contributed by atoms with E-state index in [4.69, 9.17) is 11.6 Å². The Morgan fingerprint density at radius 1 is 1.21 bits per heavy atom. The van der Waals surface area contributed by atoms with Crippen molar-refractivity contribution < 1.29 is 13.2 Å². The van der Waals surface area contributed by atoms with Gasteiger partial charge in [-0.2, -0.15) is 13.2 Å². The zero-order valence-corrected chi connectivity index (χ0v) is 12.7. The molecule has 0 spiro atoms. The maximum atomic E-state index is 12.5. The Hall–Kier alpha value is -0.743. The van der Waals surface area contributed by atoms with Crippen LogP contribution in [0.4, 0.5) is 13.2 Å². The number of hydrogen-bond donors (Lipinski definition) is 0. The standard InChI is InChI=1S/C14H18ClF3Si/c1-3-19(2,11-5-4-10-15)13-8-6-12(7-9-13)14(16,17)18/h3,6-9H,1,4-5,10-11H2,2H3. The van der Waals surface area contributed by atoms with Crippen molar-refractivity contribution in [2.24, 2.45) is 0 Å². The molecule has 0 nitrogen and oxygen atoms in total. The van der Waals surface area contributed by atoms with E-state index in [0.29, 0.717) is 5.88 Å². The summed E-state index contributed by atoms with van der Waals surface area (Å²) in [7, 11) is -1.88. The van der Waals surface area contributed by atoms with Gasteiger partial charge in [-0.25, -0.2) is 0 Å². The minimum absolute atomic E-state index is 0.600. The van der Waals surface area contributed by atoms with Crippen LogP contribution in [0, 0.1) is 0 Å². The summed E-state index contributed by atoms with van der Waals surface area (Å²) in [5, 5.41) is 0.991. The molecule has 1 atom stereocenters. The normalized spacial score (nSPS) is 15.0. The van der Waals surface area contributed by atoms with Crippen LogP contribution >= 0.6 is 11.6 Å². The van der Waals surface area contributed by atoms with E-state index in [1.54, 1.807) is 12.1 Å². The molecule has 1 unspecified atom stereocenters. The highest BCUT2D eigenvalue weighted by Gasteiger charge is 2.31. The fourth-order valence-electron chi connectivity index (χ4n) is 1.99. The Bertz CT molecular complexity index is 414. The number of halogens is 4. The van der Waals surface area contributed by atoms with Crippen molar-refractivity contribution in [3.05, 3.63) is 42.1 Å². The van der Waals surface area contributed by atoms with Crippen LogP contribution in [0.3, 0.4) is 0 Å². The first-order chi connectivity index (χ1) is 8.83. The van der Waals surface area contributed by atoms with Gasteiger partial charge in [0, 0.05) is 5.88 Å². The molecule has 0 aliphatic carbocycles. The SMILES string of the molecule is C=C[Si](C)(CCCCCl)c1ccc(C(F)(F)F)cc1. The molecule has 0 aromatic heterocycles. The Morgan fingerprint density at radius 2 is 1.79 bits per heavy atom. The van der Waals surface area contributed by atoms with Gasteiger partial charge < -0.3 is 0 Å². The molecular formula is C14H18ClF3Si. The highest BCUT2D eigenvalue weighted by molar-refractivity contribution is 6.94. The lowest BCUT2D eigenvalue weighted by atomic mass is 10.2. The summed E-state index contributed by atoms with van der Waals surface area (Å²) in [6.07, 6.45) is -2.36. The summed E-state index contributed by atoms with van der Waals surface area (Å²) in [5.41, 5.74) is 1.33. The van der Waals surface area contributed by atoms with Crippen LogP contribution in [-0.2, 0) is 6.18 Å². The summed E-state index contributed by atoms with van der Waals surface area (Å²) < 4.78 is 37.6. The van der Waals surface area contributed by atoms with Gasteiger partial charge in [-0.15, -0.1) is 18.2 Å². The van der Waals surface area contributed by atoms with Crippen molar-refractivity contribution in [1.82, 2.24) is 0 Å². The van der Waals surface area contributed by atoms with Gasteiger partial charge in [0.15, 0.2) is 0 Å². The maximum Gasteiger partial charge on any atom is 0.416 e. The largest absolute Gasteiger partial charge is 0.416 e. The van der Waals surface area contributed by atoms with Gasteiger partial charge in [-0.1, -0.05) is 54.2 Å². The van der Waals surface area contributed by atoms with E-state index in [9.17, 15) is 13.2 Å². The molecule has 0 saturated carbocycles. The lowest BCUT2D eigenvalue weighted by Gasteiger charge is -2.24. The monoisotopic (exact) mass is 306 g/mol. The minimum atomic E-state index is -4.27. The minimum Gasteiger partial charge on any atom is -0.166 e. The molecule has 106 valence electrons. The van der Waals surface area contributed by atoms with E-state index in [-0.39, 0.29) is 0 Å². The second kappa shape index (κ2) is 6.62. The van der Waals surface area contributed by atoms with Crippen LogP contribution in [-0.4, -0.2) is 14.0 Å². The van der Waals surface area contributed by atoms with Crippen molar-refractivity contribution in [1.29, 1.82) is 0 Å². The number of rotatable bonds is 6. The van der Waals surface area contributed by atoms with Gasteiger partial charge in [0.1, 0.15) is 8.07 Å². The van der Waals surface area contributed by atoms with Crippen LogP contribution in [0.2, 0.25) is 12.6 Å². The summed E-state index contributed by atoms with van der Waals surface area (Å²) in [6, 6.07) is 6.47. The van der Waals surface area contributed by atoms with E-state index in [1.807, 2.05) is 5.70 Å². The van der Waals surface area contributed by atoms with Gasteiger partial charge in [0.05, 0.1) is 5.56 Å². The van der Waals surface area contributed by atoms with Crippen LogP contribution in [0.1, 0.15) is 18.4 Å². The summed E-state index contributed by atoms with van der Waals surface area (Å²) in [4.78, 5) is 0. The molecule has 5 heteroatoms. The predicted octanol–water partition coefficient (Wildman–Crippen LogP) is 4.74. The average molecular weight is 307 g/mol. The Labute approximate surface area is 118 Å². The lowest BCUT2D eigenvalue weighted by Crippen LogP contribution is -2.42. The van der Waals surface area contributed by atoms with Crippen LogP contribution in [0.5, 0.6) is 0 Å². The van der Waals surface area contributed by atoms with Crippen molar-refractivity contribution >= 4 is 24.9 Å². The van der Waals surface area contributed by atoms with Gasteiger partial charge >= 0.3 is 6.18 Å².